The zero-order valence-corrected chi connectivity index (χ0v) is 11.5. The molecule has 1 saturated heterocycles. The number of rotatable bonds is 8. The Morgan fingerprint density at radius 3 is 2.55 bits per heavy atom. The van der Waals surface area contributed by atoms with Gasteiger partial charge >= 0.3 is 0 Å². The molecule has 0 amide bonds. The van der Waals surface area contributed by atoms with Crippen molar-refractivity contribution in [2.24, 2.45) is 0 Å². The van der Waals surface area contributed by atoms with E-state index >= 15 is 0 Å². The zero-order valence-electron chi connectivity index (χ0n) is 10.7. The summed E-state index contributed by atoms with van der Waals surface area (Å²) < 4.78 is 37.1. The number of ether oxygens (including phenoxy) is 2. The number of nitrogens with one attached hydrogen (secondary N) is 2. The van der Waals surface area contributed by atoms with Gasteiger partial charge in [0, 0.05) is 6.54 Å². The predicted octanol–water partition coefficient (Wildman–Crippen LogP) is -4.14. The topological polar surface area (TPSA) is 158 Å². The van der Waals surface area contributed by atoms with Crippen LogP contribution in [0.25, 0.3) is 0 Å². The van der Waals surface area contributed by atoms with Crippen molar-refractivity contribution in [3.63, 3.8) is 0 Å². The molecule has 0 bridgehead atoms. The largest absolute Gasteiger partial charge is 0.394 e. The van der Waals surface area contributed by atoms with Gasteiger partial charge in [-0.05, 0) is 0 Å². The van der Waals surface area contributed by atoms with E-state index in [1.807, 2.05) is 4.72 Å². The van der Waals surface area contributed by atoms with Gasteiger partial charge in [0.1, 0.15) is 18.3 Å². The van der Waals surface area contributed by atoms with Crippen molar-refractivity contribution in [3.8, 4) is 0 Å². The van der Waals surface area contributed by atoms with E-state index in [4.69, 9.17) is 14.6 Å². The molecule has 11 heteroatoms. The molecular formula is C9H20N2O8S. The predicted molar refractivity (Wildman–Crippen MR) is 65.7 cm³/mol. The molecule has 0 saturated carbocycles. The fourth-order valence-electron chi connectivity index (χ4n) is 1.52. The molecule has 0 aromatic heterocycles. The number of hydrogen-bond donors (Lipinski definition) is 6. The summed E-state index contributed by atoms with van der Waals surface area (Å²) >= 11 is 0. The minimum absolute atomic E-state index is 0.0384. The Morgan fingerprint density at radius 1 is 1.20 bits per heavy atom. The van der Waals surface area contributed by atoms with Crippen LogP contribution in [-0.4, -0.2) is 86.4 Å². The van der Waals surface area contributed by atoms with Crippen LogP contribution in [0.15, 0.2) is 0 Å². The average Bonchev–Trinajstić information content (AvgIpc) is 2.39. The lowest BCUT2D eigenvalue weighted by molar-refractivity contribution is -0.189. The summed E-state index contributed by atoms with van der Waals surface area (Å²) in [5, 5.41) is 36.7. The molecule has 1 aliphatic heterocycles. The van der Waals surface area contributed by atoms with Crippen LogP contribution in [-0.2, 0) is 19.7 Å². The van der Waals surface area contributed by atoms with Crippen molar-refractivity contribution in [2.45, 2.75) is 24.5 Å². The lowest BCUT2D eigenvalue weighted by Gasteiger charge is -2.35. The van der Waals surface area contributed by atoms with Crippen molar-refractivity contribution in [1.82, 2.24) is 9.44 Å². The van der Waals surface area contributed by atoms with Crippen molar-refractivity contribution in [2.75, 3.05) is 33.0 Å². The molecule has 120 valence electrons. The van der Waals surface area contributed by atoms with E-state index in [9.17, 15) is 23.7 Å². The summed E-state index contributed by atoms with van der Waals surface area (Å²) in [4.78, 5) is 0. The van der Waals surface area contributed by atoms with Crippen LogP contribution in [0.2, 0.25) is 0 Å². The highest BCUT2D eigenvalue weighted by Gasteiger charge is 2.39. The molecule has 1 heterocycles. The first-order chi connectivity index (χ1) is 9.37. The molecule has 20 heavy (non-hydrogen) atoms. The Balaban J connectivity index is 2.38. The maximum Gasteiger partial charge on any atom is 0.279 e. The highest BCUT2D eigenvalue weighted by atomic mass is 32.2. The van der Waals surface area contributed by atoms with Crippen LogP contribution >= 0.6 is 0 Å². The molecule has 1 aliphatic rings. The van der Waals surface area contributed by atoms with E-state index in [2.05, 4.69) is 4.72 Å². The second-order valence-corrected chi connectivity index (χ2v) is 5.69. The third-order valence-electron chi connectivity index (χ3n) is 2.55. The van der Waals surface area contributed by atoms with E-state index in [-0.39, 0.29) is 33.0 Å². The number of hydrogen-bond acceptors (Lipinski definition) is 8. The molecule has 0 spiro atoms. The van der Waals surface area contributed by atoms with E-state index in [0.717, 1.165) is 0 Å². The fourth-order valence-corrected chi connectivity index (χ4v) is 2.47. The molecule has 0 unspecified atom stereocenters. The van der Waals surface area contributed by atoms with Crippen LogP contribution in [0.4, 0.5) is 0 Å². The minimum atomic E-state index is -3.96. The van der Waals surface area contributed by atoms with Gasteiger partial charge in [0.25, 0.3) is 10.2 Å². The molecule has 1 fully saturated rings. The second-order valence-electron chi connectivity index (χ2n) is 4.15. The number of aliphatic hydroxyl groups excluding tert-OH is 4. The first-order valence-corrected chi connectivity index (χ1v) is 7.47. The smallest absolute Gasteiger partial charge is 0.279 e. The maximum absolute atomic E-state index is 11.6. The van der Waals surface area contributed by atoms with Gasteiger partial charge in [-0.2, -0.15) is 17.9 Å². The Labute approximate surface area is 116 Å². The van der Waals surface area contributed by atoms with Crippen molar-refractivity contribution >= 4 is 10.2 Å². The SMILES string of the molecule is O=S(=O)(NCCOCCO)N[C@H]1OC[C@@H](O)[C@@H](O)[C@@H]1O. The first-order valence-electron chi connectivity index (χ1n) is 5.98. The summed E-state index contributed by atoms with van der Waals surface area (Å²) in [6.45, 7) is -0.331. The molecule has 10 nitrogen and oxygen atoms in total. The first kappa shape index (κ1) is 17.7. The van der Waals surface area contributed by atoms with Gasteiger partial charge in [0.05, 0.1) is 26.4 Å². The van der Waals surface area contributed by atoms with E-state index < -0.39 is 34.7 Å². The van der Waals surface area contributed by atoms with E-state index in [1.165, 1.54) is 0 Å². The van der Waals surface area contributed by atoms with Crippen LogP contribution in [0.5, 0.6) is 0 Å². The summed E-state index contributed by atoms with van der Waals surface area (Å²) in [7, 11) is -3.96. The molecular weight excluding hydrogens is 296 g/mol. The highest BCUT2D eigenvalue weighted by molar-refractivity contribution is 7.87. The molecule has 4 atom stereocenters. The van der Waals surface area contributed by atoms with Gasteiger partial charge in [0.2, 0.25) is 0 Å². The normalized spacial score (nSPS) is 31.4. The standard InChI is InChI=1S/C9H20N2O8S/c12-2-4-18-3-1-10-20(16,17)11-9-8(15)7(14)6(13)5-19-9/h6-15H,1-5H2/t6-,7-,8+,9+/m1/s1. The van der Waals surface area contributed by atoms with Crippen LogP contribution in [0.1, 0.15) is 0 Å². The molecule has 0 aromatic rings. The minimum Gasteiger partial charge on any atom is -0.394 e. The van der Waals surface area contributed by atoms with E-state index in [0.29, 0.717) is 0 Å². The van der Waals surface area contributed by atoms with Crippen molar-refractivity contribution in [1.29, 1.82) is 0 Å². The van der Waals surface area contributed by atoms with E-state index in [1.54, 1.807) is 0 Å². The molecule has 1 rings (SSSR count). The molecule has 0 radical (unpaired) electrons. The Bertz CT molecular complexity index is 378. The zero-order chi connectivity index (χ0) is 15.2. The van der Waals surface area contributed by atoms with Gasteiger partial charge in [-0.1, -0.05) is 0 Å². The third-order valence-corrected chi connectivity index (χ3v) is 3.67. The Kier molecular flexibility index (Phi) is 7.22. The second kappa shape index (κ2) is 8.17. The number of aliphatic hydroxyl groups is 4. The lowest BCUT2D eigenvalue weighted by Crippen LogP contribution is -2.60. The average molecular weight is 316 g/mol. The van der Waals surface area contributed by atoms with Crippen LogP contribution in [0, 0.1) is 0 Å². The summed E-state index contributed by atoms with van der Waals surface area (Å²) in [5.74, 6) is 0. The van der Waals surface area contributed by atoms with Gasteiger partial charge in [-0.3, -0.25) is 0 Å². The third kappa shape index (κ3) is 5.55. The fraction of sp³-hybridized carbons (Fsp3) is 1.00. The van der Waals surface area contributed by atoms with Gasteiger partial charge in [-0.15, -0.1) is 0 Å². The van der Waals surface area contributed by atoms with Gasteiger partial charge < -0.3 is 29.9 Å². The van der Waals surface area contributed by atoms with Crippen molar-refractivity contribution < 1.29 is 38.3 Å². The van der Waals surface area contributed by atoms with Gasteiger partial charge in [-0.25, -0.2) is 0 Å². The monoisotopic (exact) mass is 316 g/mol. The van der Waals surface area contributed by atoms with Crippen LogP contribution in [0.3, 0.4) is 0 Å². The molecule has 0 aliphatic carbocycles. The summed E-state index contributed by atoms with van der Waals surface area (Å²) in [6.07, 6.45) is -5.71. The Hall–Kier alpha value is -0.370. The lowest BCUT2D eigenvalue weighted by atomic mass is 10.1. The highest BCUT2D eigenvalue weighted by Crippen LogP contribution is 2.14. The quantitative estimate of drug-likeness (QED) is 0.246. The molecule has 6 N–H and O–H groups in total. The molecule has 0 aromatic carbocycles. The maximum atomic E-state index is 11.6. The summed E-state index contributed by atoms with van der Waals surface area (Å²) in [5.41, 5.74) is 0. The van der Waals surface area contributed by atoms with Crippen molar-refractivity contribution in [3.05, 3.63) is 0 Å². The Morgan fingerprint density at radius 2 is 1.90 bits per heavy atom. The van der Waals surface area contributed by atoms with Crippen LogP contribution < -0.4 is 9.44 Å². The van der Waals surface area contributed by atoms with Gasteiger partial charge in [0.15, 0.2) is 6.23 Å². The summed E-state index contributed by atoms with van der Waals surface area (Å²) in [6, 6.07) is 0.